The van der Waals surface area contributed by atoms with Crippen molar-refractivity contribution in [2.45, 2.75) is 65.3 Å². The Bertz CT molecular complexity index is 2120. The number of carbonyl (C=O) groups is 3. The van der Waals surface area contributed by atoms with Crippen molar-refractivity contribution < 1.29 is 14.4 Å². The van der Waals surface area contributed by atoms with Crippen LogP contribution in [-0.4, -0.2) is 61.1 Å². The summed E-state index contributed by atoms with van der Waals surface area (Å²) in [5.41, 5.74) is 11.8. The molecule has 0 unspecified atom stereocenters. The minimum atomic E-state index is -0.731. The van der Waals surface area contributed by atoms with E-state index in [1.807, 2.05) is 74.5 Å². The molecule has 6 rings (SSSR count). The third kappa shape index (κ3) is 8.16. The summed E-state index contributed by atoms with van der Waals surface area (Å²) in [4.78, 5) is 62.2. The number of nitrogens with two attached hydrogens (primary N) is 1. The number of hydrogen-bond donors (Lipinski definition) is 4. The molecule has 4 heterocycles. The number of aryl methyl sites for hydroxylation is 1. The molecule has 268 valence electrons. The van der Waals surface area contributed by atoms with Crippen LogP contribution in [0, 0.1) is 5.92 Å². The maximum Gasteiger partial charge on any atom is 0.322 e. The zero-order valence-corrected chi connectivity index (χ0v) is 29.5. The first kappa shape index (κ1) is 35.9. The second-order valence-corrected chi connectivity index (χ2v) is 13.4. The van der Waals surface area contributed by atoms with Gasteiger partial charge in [-0.2, -0.15) is 5.10 Å². The van der Waals surface area contributed by atoms with Gasteiger partial charge in [0.15, 0.2) is 0 Å². The zero-order chi connectivity index (χ0) is 36.8. The van der Waals surface area contributed by atoms with Crippen LogP contribution in [0.5, 0.6) is 0 Å². The Kier molecular flexibility index (Phi) is 11.0. The van der Waals surface area contributed by atoms with Gasteiger partial charge >= 0.3 is 6.03 Å². The lowest BCUT2D eigenvalue weighted by molar-refractivity contribution is -0.129. The van der Waals surface area contributed by atoms with Crippen molar-refractivity contribution in [3.63, 3.8) is 0 Å². The summed E-state index contributed by atoms with van der Waals surface area (Å²) in [6.45, 7) is 7.01. The number of unbranched alkanes of at least 4 members (excludes halogenated alkanes) is 1. The fourth-order valence-electron chi connectivity index (χ4n) is 6.08. The number of hydrogen-bond acceptors (Lipinski definition) is 8. The molecule has 4 amide bonds. The Balaban J connectivity index is 1.16. The molecular formula is C39H43N9O4. The lowest BCUT2D eigenvalue weighted by Crippen LogP contribution is -2.51. The number of fused-ring (bicyclic) bond motifs is 2. The molecular weight excluding hydrogens is 658 g/mol. The van der Waals surface area contributed by atoms with Gasteiger partial charge in [-0.05, 0) is 78.8 Å². The zero-order valence-electron chi connectivity index (χ0n) is 29.5. The molecule has 2 atom stereocenters. The molecule has 52 heavy (non-hydrogen) atoms. The smallest absolute Gasteiger partial charge is 0.322 e. The number of amides is 4. The predicted molar refractivity (Wildman–Crippen MR) is 200 cm³/mol. The number of carbonyl (C=O) groups excluding carboxylic acids is 3. The third-order valence-corrected chi connectivity index (χ3v) is 9.23. The maximum absolute atomic E-state index is 14.0. The molecule has 1 aliphatic rings. The van der Waals surface area contributed by atoms with Crippen molar-refractivity contribution in [1.29, 1.82) is 0 Å². The highest BCUT2D eigenvalue weighted by Crippen LogP contribution is 2.29. The summed E-state index contributed by atoms with van der Waals surface area (Å²) in [5.74, 6) is -0.726. The standard InChI is InChI=1S/C39H43N9O4/c1-24(2)35(40)37(50)44-25(3)36(49)43-16-4-5-19-48-38(51)32(30-8-6-10-33-31(30)9-7-17-42-33)20-34(46-48)26-11-13-29(14-12-26)45-39(52)47-22-27-15-18-41-21-28(27)23-47/h6-15,17-18,20-21,24-25,35H,4-5,16,19,22-23,40H2,1-3H3,(H,43,49)(H,44,50)(H,45,52)/t25-,35-/m0/s1. The fraction of sp³-hybridized carbons (Fsp3) is 0.308. The lowest BCUT2D eigenvalue weighted by Gasteiger charge is -2.19. The Hall–Kier alpha value is -5.95. The van der Waals surface area contributed by atoms with Gasteiger partial charge in [-0.1, -0.05) is 44.2 Å². The van der Waals surface area contributed by atoms with Crippen LogP contribution in [0.4, 0.5) is 10.5 Å². The molecule has 0 radical (unpaired) electrons. The number of rotatable bonds is 12. The summed E-state index contributed by atoms with van der Waals surface area (Å²) in [6, 6.07) is 19.0. The molecule has 1 aliphatic heterocycles. The molecule has 0 fully saturated rings. The van der Waals surface area contributed by atoms with Gasteiger partial charge < -0.3 is 26.6 Å². The molecule has 2 aromatic carbocycles. The molecule has 0 saturated carbocycles. The molecule has 13 heteroatoms. The average molecular weight is 702 g/mol. The summed E-state index contributed by atoms with van der Waals surface area (Å²) in [6.07, 6.45) is 6.39. The second-order valence-electron chi connectivity index (χ2n) is 13.4. The van der Waals surface area contributed by atoms with Crippen LogP contribution in [0.15, 0.2) is 90.1 Å². The molecule has 0 saturated heterocycles. The van der Waals surface area contributed by atoms with Crippen molar-refractivity contribution in [3.8, 4) is 22.4 Å². The monoisotopic (exact) mass is 701 g/mol. The Morgan fingerprint density at radius 1 is 0.885 bits per heavy atom. The Morgan fingerprint density at radius 2 is 1.67 bits per heavy atom. The number of nitrogens with one attached hydrogen (secondary N) is 3. The lowest BCUT2D eigenvalue weighted by atomic mass is 10.00. The van der Waals surface area contributed by atoms with Gasteiger partial charge in [0.05, 0.1) is 22.8 Å². The fourth-order valence-corrected chi connectivity index (χ4v) is 6.08. The van der Waals surface area contributed by atoms with E-state index < -0.39 is 12.1 Å². The third-order valence-electron chi connectivity index (χ3n) is 9.23. The Morgan fingerprint density at radius 3 is 2.44 bits per heavy atom. The quantitative estimate of drug-likeness (QED) is 0.138. The largest absolute Gasteiger partial charge is 0.354 e. The van der Waals surface area contributed by atoms with E-state index in [2.05, 4.69) is 25.9 Å². The number of aromatic nitrogens is 4. The van der Waals surface area contributed by atoms with Crippen molar-refractivity contribution in [1.82, 2.24) is 35.3 Å². The van der Waals surface area contributed by atoms with Crippen LogP contribution < -0.4 is 27.2 Å². The number of pyridine rings is 2. The van der Waals surface area contributed by atoms with Gasteiger partial charge in [0.25, 0.3) is 5.56 Å². The molecule has 13 nitrogen and oxygen atoms in total. The summed E-state index contributed by atoms with van der Waals surface area (Å²) < 4.78 is 1.47. The first-order valence-corrected chi connectivity index (χ1v) is 17.5. The van der Waals surface area contributed by atoms with Crippen LogP contribution in [0.2, 0.25) is 0 Å². The first-order chi connectivity index (χ1) is 25.1. The maximum atomic E-state index is 14.0. The molecule has 0 aliphatic carbocycles. The van der Waals surface area contributed by atoms with Crippen molar-refractivity contribution in [2.24, 2.45) is 11.7 Å². The minimum absolute atomic E-state index is 0.0481. The van der Waals surface area contributed by atoms with Crippen LogP contribution in [-0.2, 0) is 29.2 Å². The topological polar surface area (TPSA) is 177 Å². The summed E-state index contributed by atoms with van der Waals surface area (Å²) in [5, 5.41) is 14.1. The highest BCUT2D eigenvalue weighted by atomic mass is 16.2. The number of anilines is 1. The van der Waals surface area contributed by atoms with Gasteiger partial charge in [0.1, 0.15) is 6.04 Å². The van der Waals surface area contributed by atoms with E-state index in [1.165, 1.54) is 4.68 Å². The minimum Gasteiger partial charge on any atom is -0.354 e. The van der Waals surface area contributed by atoms with E-state index in [4.69, 9.17) is 10.8 Å². The van der Waals surface area contributed by atoms with Gasteiger partial charge in [0, 0.05) is 61.4 Å². The number of urea groups is 1. The van der Waals surface area contributed by atoms with Crippen LogP contribution in [0.25, 0.3) is 33.3 Å². The van der Waals surface area contributed by atoms with Gasteiger partial charge in [-0.3, -0.25) is 24.4 Å². The van der Waals surface area contributed by atoms with Crippen LogP contribution in [0.1, 0.15) is 44.7 Å². The molecule has 0 spiro atoms. The van der Waals surface area contributed by atoms with E-state index in [1.54, 1.807) is 36.5 Å². The van der Waals surface area contributed by atoms with Crippen LogP contribution >= 0.6 is 0 Å². The van der Waals surface area contributed by atoms with Crippen LogP contribution in [0.3, 0.4) is 0 Å². The predicted octanol–water partition coefficient (Wildman–Crippen LogP) is 4.45. The van der Waals surface area contributed by atoms with E-state index in [9.17, 15) is 19.2 Å². The van der Waals surface area contributed by atoms with Gasteiger partial charge in [0.2, 0.25) is 11.8 Å². The van der Waals surface area contributed by atoms with E-state index in [-0.39, 0.29) is 29.3 Å². The van der Waals surface area contributed by atoms with Gasteiger partial charge in [-0.25, -0.2) is 9.48 Å². The van der Waals surface area contributed by atoms with Crippen molar-refractivity contribution >= 4 is 34.4 Å². The van der Waals surface area contributed by atoms with E-state index in [0.717, 1.165) is 33.2 Å². The summed E-state index contributed by atoms with van der Waals surface area (Å²) in [7, 11) is 0. The highest BCUT2D eigenvalue weighted by molar-refractivity contribution is 5.95. The van der Waals surface area contributed by atoms with Crippen molar-refractivity contribution in [2.75, 3.05) is 11.9 Å². The molecule has 5 aromatic rings. The SMILES string of the molecule is CC(C)[C@H](N)C(=O)N[C@@H](C)C(=O)NCCCCn1nc(-c2ccc(NC(=O)N3Cc4ccncc4C3)cc2)cc(-c2cccc3ncccc23)c1=O. The van der Waals surface area contributed by atoms with Crippen molar-refractivity contribution in [3.05, 3.63) is 107 Å². The van der Waals surface area contributed by atoms with E-state index >= 15 is 0 Å². The molecule has 3 aromatic heterocycles. The Labute approximate surface area is 301 Å². The average Bonchev–Trinajstić information content (AvgIpc) is 3.60. The summed E-state index contributed by atoms with van der Waals surface area (Å²) >= 11 is 0. The van der Waals surface area contributed by atoms with Gasteiger partial charge in [-0.15, -0.1) is 0 Å². The number of benzene rings is 2. The van der Waals surface area contributed by atoms with E-state index in [0.29, 0.717) is 56.0 Å². The molecule has 5 N–H and O–H groups in total. The number of nitrogens with zero attached hydrogens (tertiary/aromatic N) is 5. The second kappa shape index (κ2) is 15.9. The highest BCUT2D eigenvalue weighted by Gasteiger charge is 2.24. The first-order valence-electron chi connectivity index (χ1n) is 17.5. The normalized spacial score (nSPS) is 13.4. The molecule has 0 bridgehead atoms.